The predicted molar refractivity (Wildman–Crippen MR) is 150 cm³/mol. The molecule has 0 aliphatic carbocycles. The third kappa shape index (κ3) is 4.26. The minimum Gasteiger partial charge on any atom is -0.364 e. The van der Waals surface area contributed by atoms with Gasteiger partial charge < -0.3 is 14.2 Å². The van der Waals surface area contributed by atoms with Crippen LogP contribution in [0.5, 0.6) is 0 Å². The van der Waals surface area contributed by atoms with E-state index < -0.39 is 0 Å². The van der Waals surface area contributed by atoms with Gasteiger partial charge in [-0.1, -0.05) is 17.7 Å². The van der Waals surface area contributed by atoms with Crippen LogP contribution in [0.3, 0.4) is 0 Å². The summed E-state index contributed by atoms with van der Waals surface area (Å²) in [6, 6.07) is 8.67. The van der Waals surface area contributed by atoms with Crippen LogP contribution in [0.15, 0.2) is 41.5 Å². The van der Waals surface area contributed by atoms with Gasteiger partial charge in [0.1, 0.15) is 11.0 Å². The molecule has 1 unspecified atom stereocenters. The molecule has 4 aromatic rings. The molecule has 0 N–H and O–H groups in total. The van der Waals surface area contributed by atoms with E-state index in [1.165, 1.54) is 5.56 Å². The molecule has 2 aliphatic heterocycles. The fraction of sp³-hybridized carbons (Fsp3) is 0.500. The number of hydrogen-bond acceptors (Lipinski definition) is 7. The van der Waals surface area contributed by atoms with Gasteiger partial charge in [0.05, 0.1) is 16.7 Å². The molecule has 0 amide bonds. The summed E-state index contributed by atoms with van der Waals surface area (Å²) in [5.41, 5.74) is 5.20. The Balaban J connectivity index is 1.32. The van der Waals surface area contributed by atoms with E-state index in [0.717, 1.165) is 54.6 Å². The molecule has 5 heterocycles. The molecule has 3 aromatic heterocycles. The Morgan fingerprint density at radius 1 is 1.05 bits per heavy atom. The molecule has 9 nitrogen and oxygen atoms in total. The minimum absolute atomic E-state index is 0.0913. The van der Waals surface area contributed by atoms with E-state index in [4.69, 9.17) is 21.4 Å². The maximum atomic E-state index is 13.1. The number of halogens is 1. The lowest BCUT2D eigenvalue weighted by Gasteiger charge is -2.47. The van der Waals surface area contributed by atoms with Crippen molar-refractivity contribution >= 4 is 39.4 Å². The Kier molecular flexibility index (Phi) is 6.62. The van der Waals surface area contributed by atoms with Gasteiger partial charge in [0.2, 0.25) is 0 Å². The van der Waals surface area contributed by atoms with Crippen LogP contribution < -0.4 is 10.5 Å². The van der Waals surface area contributed by atoms with E-state index in [9.17, 15) is 4.79 Å². The Hall–Kier alpha value is -3.01. The fourth-order valence-corrected chi connectivity index (χ4v) is 6.42. The molecule has 38 heavy (non-hydrogen) atoms. The van der Waals surface area contributed by atoms with Gasteiger partial charge in [-0.05, 0) is 57.7 Å². The summed E-state index contributed by atoms with van der Waals surface area (Å²) >= 11 is 6.84. The summed E-state index contributed by atoms with van der Waals surface area (Å²) in [6.45, 7) is 9.02. The molecule has 6 rings (SSSR count). The molecule has 0 bridgehead atoms. The lowest BCUT2D eigenvalue weighted by molar-refractivity contribution is -0.0388. The van der Waals surface area contributed by atoms with E-state index in [1.54, 1.807) is 34.8 Å². The second kappa shape index (κ2) is 9.94. The van der Waals surface area contributed by atoms with Crippen molar-refractivity contribution in [1.82, 2.24) is 29.2 Å². The van der Waals surface area contributed by atoms with Crippen LogP contribution in [0.25, 0.3) is 22.1 Å². The number of hydrogen-bond donors (Lipinski definition) is 0. The maximum Gasteiger partial charge on any atom is 0.253 e. The molecule has 1 aromatic carbocycles. The number of anilines is 1. The second-order valence-corrected chi connectivity index (χ2v) is 11.1. The van der Waals surface area contributed by atoms with Gasteiger partial charge in [-0.3, -0.25) is 19.7 Å². The Morgan fingerprint density at radius 3 is 2.61 bits per heavy atom. The van der Waals surface area contributed by atoms with Crippen molar-refractivity contribution < 1.29 is 4.74 Å². The summed E-state index contributed by atoms with van der Waals surface area (Å²) in [5, 5.41) is 5.39. The first-order valence-electron chi connectivity index (χ1n) is 13.5. The zero-order chi connectivity index (χ0) is 26.6. The molecule has 200 valence electrons. The van der Waals surface area contributed by atoms with Crippen molar-refractivity contribution in [1.29, 1.82) is 0 Å². The number of piperazine rings is 1. The third-order valence-electron chi connectivity index (χ3n) is 8.24. The number of ether oxygens (including phenoxy) is 1. The van der Waals surface area contributed by atoms with Gasteiger partial charge in [-0.15, -0.1) is 0 Å². The Labute approximate surface area is 227 Å². The summed E-state index contributed by atoms with van der Waals surface area (Å²) < 4.78 is 9.34. The predicted octanol–water partition coefficient (Wildman–Crippen LogP) is 4.69. The van der Waals surface area contributed by atoms with Gasteiger partial charge in [0.25, 0.3) is 5.56 Å². The standard InChI is InChI=1S/C28H34ClN7O2/c1-17-16-35(18(2)15-34(17)19(3)20-8-9-21-22(13-20)31-11-10-30-21)23-14-24(37)33(4)27-26(23)32-36(28(27)29)25-7-5-6-12-38-25/h8-11,13-14,17-19,25H,5-7,12,15-16H2,1-4H3/t17-,18+,19-,25?/m1/s1. The van der Waals surface area contributed by atoms with E-state index in [0.29, 0.717) is 17.3 Å². The van der Waals surface area contributed by atoms with Crippen molar-refractivity contribution in [3.8, 4) is 0 Å². The number of nitrogens with zero attached hydrogens (tertiary/aromatic N) is 7. The number of pyridine rings is 1. The first-order chi connectivity index (χ1) is 18.3. The lowest BCUT2D eigenvalue weighted by Crippen LogP contribution is -2.57. The zero-order valence-electron chi connectivity index (χ0n) is 22.3. The van der Waals surface area contributed by atoms with Gasteiger partial charge >= 0.3 is 0 Å². The van der Waals surface area contributed by atoms with Gasteiger partial charge in [-0.2, -0.15) is 5.10 Å². The maximum absolute atomic E-state index is 13.1. The third-order valence-corrected chi connectivity index (χ3v) is 8.59. The normalized spacial score (nSPS) is 23.8. The van der Waals surface area contributed by atoms with Crippen LogP contribution in [-0.4, -0.2) is 61.0 Å². The van der Waals surface area contributed by atoms with Crippen molar-refractivity contribution in [2.45, 2.75) is 64.4 Å². The second-order valence-electron chi connectivity index (χ2n) is 10.7. The molecule has 0 radical (unpaired) electrons. The fourth-order valence-electron chi connectivity index (χ4n) is 6.05. The molecular weight excluding hydrogens is 502 g/mol. The molecule has 0 spiro atoms. The smallest absolute Gasteiger partial charge is 0.253 e. The minimum atomic E-state index is -0.202. The highest BCUT2D eigenvalue weighted by Gasteiger charge is 2.35. The van der Waals surface area contributed by atoms with Crippen LogP contribution in [-0.2, 0) is 11.8 Å². The van der Waals surface area contributed by atoms with E-state index in [2.05, 4.69) is 52.7 Å². The number of aromatic nitrogens is 5. The summed E-state index contributed by atoms with van der Waals surface area (Å²) in [7, 11) is 1.76. The molecule has 4 atom stereocenters. The van der Waals surface area contributed by atoms with Crippen LogP contribution >= 0.6 is 11.6 Å². The largest absolute Gasteiger partial charge is 0.364 e. The van der Waals surface area contributed by atoms with Crippen LogP contribution in [0.2, 0.25) is 5.15 Å². The first-order valence-corrected chi connectivity index (χ1v) is 13.8. The van der Waals surface area contributed by atoms with Crippen LogP contribution in [0.4, 0.5) is 5.69 Å². The van der Waals surface area contributed by atoms with Crippen molar-refractivity contribution in [2.75, 3.05) is 24.6 Å². The van der Waals surface area contributed by atoms with Crippen molar-refractivity contribution in [2.24, 2.45) is 7.05 Å². The number of rotatable bonds is 4. The number of aryl methyl sites for hydroxylation is 1. The summed E-state index contributed by atoms with van der Waals surface area (Å²) in [5.74, 6) is 0. The summed E-state index contributed by atoms with van der Waals surface area (Å²) in [6.07, 6.45) is 6.23. The molecular formula is C28H34ClN7O2. The van der Waals surface area contributed by atoms with Gasteiger partial charge in [-0.25, -0.2) is 4.68 Å². The Morgan fingerprint density at radius 2 is 1.84 bits per heavy atom. The van der Waals surface area contributed by atoms with E-state index in [1.807, 2.05) is 6.07 Å². The Bertz CT molecular complexity index is 1540. The van der Waals surface area contributed by atoms with Gasteiger partial charge in [0.15, 0.2) is 11.4 Å². The average molecular weight is 536 g/mol. The first kappa shape index (κ1) is 25.3. The van der Waals surface area contributed by atoms with Crippen LogP contribution in [0, 0.1) is 0 Å². The van der Waals surface area contributed by atoms with Crippen molar-refractivity contribution in [3.05, 3.63) is 57.7 Å². The SMILES string of the molecule is C[C@@H]1CN(c2cc(=O)n(C)c3c(Cl)n(C4CCCCO4)nc23)[C@@H](C)CN1[C@H](C)c1ccc2nccnc2c1. The number of fused-ring (bicyclic) bond motifs is 2. The van der Waals surface area contributed by atoms with Crippen LogP contribution in [0.1, 0.15) is 57.9 Å². The molecule has 10 heteroatoms. The zero-order valence-corrected chi connectivity index (χ0v) is 23.1. The summed E-state index contributed by atoms with van der Waals surface area (Å²) in [4.78, 5) is 26.8. The van der Waals surface area contributed by atoms with Crippen molar-refractivity contribution in [3.63, 3.8) is 0 Å². The van der Waals surface area contributed by atoms with E-state index >= 15 is 0 Å². The highest BCUT2D eigenvalue weighted by molar-refractivity contribution is 6.34. The highest BCUT2D eigenvalue weighted by atomic mass is 35.5. The lowest BCUT2D eigenvalue weighted by atomic mass is 10.00. The molecule has 2 saturated heterocycles. The quantitative estimate of drug-likeness (QED) is 0.375. The molecule has 0 saturated carbocycles. The highest BCUT2D eigenvalue weighted by Crippen LogP contribution is 2.37. The van der Waals surface area contributed by atoms with Gasteiger partial charge in [0, 0.05) is 63.3 Å². The molecule has 2 aliphatic rings. The monoisotopic (exact) mass is 535 g/mol. The number of benzene rings is 1. The van der Waals surface area contributed by atoms with E-state index in [-0.39, 0.29) is 29.9 Å². The molecule has 2 fully saturated rings. The topological polar surface area (TPSA) is 81.3 Å². The average Bonchev–Trinajstić information content (AvgIpc) is 3.29.